The van der Waals surface area contributed by atoms with Crippen LogP contribution in [0, 0.1) is 0 Å². The zero-order valence-corrected chi connectivity index (χ0v) is 30.7. The summed E-state index contributed by atoms with van der Waals surface area (Å²) in [5.74, 6) is 1.16. The van der Waals surface area contributed by atoms with Crippen molar-refractivity contribution in [1.82, 2.24) is 26.2 Å². The molecule has 0 saturated heterocycles. The molecule has 1 aliphatic rings. The monoisotopic (exact) mass is 685 g/mol. The Labute approximate surface area is 292 Å². The van der Waals surface area contributed by atoms with E-state index in [2.05, 4.69) is 31.3 Å². The van der Waals surface area contributed by atoms with Gasteiger partial charge in [0.15, 0.2) is 0 Å². The third-order valence-electron chi connectivity index (χ3n) is 6.95. The molecule has 274 valence electrons. The van der Waals surface area contributed by atoms with Gasteiger partial charge in [-0.05, 0) is 80.2 Å². The molecule has 13 nitrogen and oxygen atoms in total. The number of hydrogen-bond acceptors (Lipinski definition) is 8. The van der Waals surface area contributed by atoms with Crippen LogP contribution in [-0.4, -0.2) is 79.0 Å². The van der Waals surface area contributed by atoms with Gasteiger partial charge in [-0.2, -0.15) is 0 Å². The number of guanidine groups is 2. The Bertz CT molecular complexity index is 1270. The number of para-hydroxylation sites is 1. The maximum atomic E-state index is 13.4. The molecule has 0 fully saturated rings. The molecule has 0 aliphatic carbocycles. The standard InChI is InChI=1S/C36H59N7O6/c1-8-9-22-37-30(41-33(45)48-35(2,3)4)38-23-16-12-10-11-13-17-24-43-25-18-19-26-47-29-21-15-14-20-28(29)27-39-31(40-32(43)44)42-34(46)49-36(5,6)7/h8-9,14-15,20-21H,10-13,16-19,22-27H2,1-7H3,(H2,37,38,41,45)(H2,39,40,42,44,46). The molecule has 0 atom stereocenters. The molecule has 0 saturated carbocycles. The Balaban J connectivity index is 1.86. The molecule has 0 unspecified atom stereocenters. The third-order valence-corrected chi connectivity index (χ3v) is 6.95. The second kappa shape index (κ2) is 21.6. The molecule has 0 radical (unpaired) electrons. The van der Waals surface area contributed by atoms with Crippen LogP contribution in [-0.2, 0) is 16.0 Å². The summed E-state index contributed by atoms with van der Waals surface area (Å²) in [6.07, 6.45) is 10.00. The first-order valence-electron chi connectivity index (χ1n) is 17.5. The van der Waals surface area contributed by atoms with Gasteiger partial charge in [0.1, 0.15) is 17.0 Å². The molecular formula is C36H59N7O6. The van der Waals surface area contributed by atoms with Crippen molar-refractivity contribution in [1.29, 1.82) is 0 Å². The predicted molar refractivity (Wildman–Crippen MR) is 194 cm³/mol. The number of aliphatic imine (C=N–C) groups is 2. The van der Waals surface area contributed by atoms with Crippen LogP contribution in [0.4, 0.5) is 14.4 Å². The van der Waals surface area contributed by atoms with Crippen LogP contribution < -0.4 is 26.0 Å². The molecule has 1 aromatic rings. The largest absolute Gasteiger partial charge is 0.493 e. The summed E-state index contributed by atoms with van der Waals surface area (Å²) >= 11 is 0. The first-order chi connectivity index (χ1) is 23.3. The highest BCUT2D eigenvalue weighted by Gasteiger charge is 2.21. The maximum absolute atomic E-state index is 13.4. The van der Waals surface area contributed by atoms with Crippen LogP contribution >= 0.6 is 0 Å². The number of alkyl carbamates (subject to hydrolysis) is 2. The summed E-state index contributed by atoms with van der Waals surface area (Å²) in [5.41, 5.74) is -0.449. The Morgan fingerprint density at radius 1 is 0.980 bits per heavy atom. The van der Waals surface area contributed by atoms with Gasteiger partial charge in [-0.3, -0.25) is 16.0 Å². The van der Waals surface area contributed by atoms with Crippen molar-refractivity contribution < 1.29 is 28.6 Å². The van der Waals surface area contributed by atoms with Gasteiger partial charge < -0.3 is 24.4 Å². The van der Waals surface area contributed by atoms with Gasteiger partial charge in [-0.25, -0.2) is 24.4 Å². The summed E-state index contributed by atoms with van der Waals surface area (Å²) in [7, 11) is 0. The van der Waals surface area contributed by atoms with Gasteiger partial charge >= 0.3 is 18.2 Å². The van der Waals surface area contributed by atoms with Crippen molar-refractivity contribution in [3.8, 4) is 5.75 Å². The van der Waals surface area contributed by atoms with Crippen LogP contribution in [0.25, 0.3) is 0 Å². The van der Waals surface area contributed by atoms with E-state index in [1.54, 1.807) is 25.7 Å². The highest BCUT2D eigenvalue weighted by molar-refractivity contribution is 6.02. The molecular weight excluding hydrogens is 626 g/mol. The number of carbonyl (C=O) groups is 3. The lowest BCUT2D eigenvalue weighted by atomic mass is 10.1. The molecule has 0 aromatic heterocycles. The molecule has 49 heavy (non-hydrogen) atoms. The third kappa shape index (κ3) is 19.3. The van der Waals surface area contributed by atoms with E-state index in [0.717, 1.165) is 62.7 Å². The van der Waals surface area contributed by atoms with Crippen molar-refractivity contribution >= 4 is 30.1 Å². The zero-order valence-electron chi connectivity index (χ0n) is 30.7. The molecule has 13 heteroatoms. The van der Waals surface area contributed by atoms with Crippen LogP contribution in [0.15, 0.2) is 46.4 Å². The summed E-state index contributed by atoms with van der Waals surface area (Å²) in [4.78, 5) is 48.8. The van der Waals surface area contributed by atoms with E-state index in [-0.39, 0.29) is 18.5 Å². The number of urea groups is 1. The molecule has 1 heterocycles. The Morgan fingerprint density at radius 3 is 2.37 bits per heavy atom. The summed E-state index contributed by atoms with van der Waals surface area (Å²) < 4.78 is 16.8. The fourth-order valence-electron chi connectivity index (χ4n) is 4.66. The summed E-state index contributed by atoms with van der Waals surface area (Å²) in [6, 6.07) is 7.30. The van der Waals surface area contributed by atoms with E-state index in [1.165, 1.54) is 0 Å². The average Bonchev–Trinajstić information content (AvgIpc) is 3.00. The number of rotatable bonds is 11. The fourth-order valence-corrected chi connectivity index (χ4v) is 4.66. The van der Waals surface area contributed by atoms with Crippen molar-refractivity contribution in [2.24, 2.45) is 9.98 Å². The lowest BCUT2D eigenvalue weighted by molar-refractivity contribution is 0.0549. The van der Waals surface area contributed by atoms with Crippen LogP contribution in [0.5, 0.6) is 5.75 Å². The lowest BCUT2D eigenvalue weighted by Crippen LogP contribution is -2.50. The van der Waals surface area contributed by atoms with Gasteiger partial charge in [0.2, 0.25) is 11.9 Å². The van der Waals surface area contributed by atoms with Gasteiger partial charge in [0.25, 0.3) is 0 Å². The highest BCUT2D eigenvalue weighted by Crippen LogP contribution is 2.20. The van der Waals surface area contributed by atoms with Gasteiger partial charge in [-0.15, -0.1) is 0 Å². The van der Waals surface area contributed by atoms with E-state index >= 15 is 0 Å². The first-order valence-corrected chi connectivity index (χ1v) is 17.5. The fraction of sp³-hybridized carbons (Fsp3) is 0.639. The van der Waals surface area contributed by atoms with Crippen molar-refractivity contribution in [3.05, 3.63) is 42.0 Å². The van der Waals surface area contributed by atoms with Crippen molar-refractivity contribution in [3.63, 3.8) is 0 Å². The molecule has 0 bridgehead atoms. The number of benzene rings is 1. The average molecular weight is 686 g/mol. The minimum absolute atomic E-state index is 0.0308. The zero-order chi connectivity index (χ0) is 36.1. The minimum Gasteiger partial charge on any atom is -0.493 e. The van der Waals surface area contributed by atoms with Gasteiger partial charge in [0, 0.05) is 25.2 Å². The number of carbonyl (C=O) groups excluding carboxylic acids is 3. The van der Waals surface area contributed by atoms with Gasteiger partial charge in [0.05, 0.1) is 19.7 Å². The number of unbranched alkanes of at least 4 members (excludes halogenated alkanes) is 5. The number of nitrogens with zero attached hydrogens (tertiary/aromatic N) is 3. The van der Waals surface area contributed by atoms with Crippen molar-refractivity contribution in [2.75, 3.05) is 32.8 Å². The second-order valence-corrected chi connectivity index (χ2v) is 13.8. The Hall–Kier alpha value is -4.29. The molecule has 0 spiro atoms. The topological polar surface area (TPSA) is 155 Å². The number of hydrogen-bond donors (Lipinski definition) is 4. The number of ether oxygens (including phenoxy) is 3. The second-order valence-electron chi connectivity index (χ2n) is 13.8. The van der Waals surface area contributed by atoms with Crippen LogP contribution in [0.1, 0.15) is 105 Å². The number of amides is 4. The number of nitrogens with one attached hydrogen (secondary N) is 4. The quantitative estimate of drug-likeness (QED) is 0.0881. The van der Waals surface area contributed by atoms with E-state index < -0.39 is 23.4 Å². The van der Waals surface area contributed by atoms with E-state index in [0.29, 0.717) is 38.7 Å². The summed E-state index contributed by atoms with van der Waals surface area (Å²) in [5, 5.41) is 11.3. The number of allylic oxidation sites excluding steroid dienone is 1. The molecule has 4 N–H and O–H groups in total. The Kier molecular flexibility index (Phi) is 18.0. The summed E-state index contributed by atoms with van der Waals surface area (Å²) in [6.45, 7) is 15.7. The van der Waals surface area contributed by atoms with E-state index in [1.807, 2.05) is 64.1 Å². The van der Waals surface area contributed by atoms with E-state index in [9.17, 15) is 14.4 Å². The van der Waals surface area contributed by atoms with Crippen molar-refractivity contribution in [2.45, 2.75) is 118 Å². The SMILES string of the molecule is CC=CCN=C(NCCCCCCCCN1CCCCOc2ccccc2CN=C(NC(=O)OC(C)(C)C)NC1=O)NC(=O)OC(C)(C)C. The first kappa shape index (κ1) is 40.9. The molecule has 2 rings (SSSR count). The molecule has 4 amide bonds. The predicted octanol–water partition coefficient (Wildman–Crippen LogP) is 6.64. The smallest absolute Gasteiger partial charge is 0.414 e. The molecule has 1 aliphatic heterocycles. The lowest BCUT2D eigenvalue weighted by Gasteiger charge is -2.24. The Morgan fingerprint density at radius 2 is 1.65 bits per heavy atom. The minimum atomic E-state index is -0.705. The van der Waals surface area contributed by atoms with Crippen LogP contribution in [0.3, 0.4) is 0 Å². The maximum Gasteiger partial charge on any atom is 0.414 e. The van der Waals surface area contributed by atoms with Gasteiger partial charge in [-0.1, -0.05) is 56.0 Å². The van der Waals surface area contributed by atoms with E-state index in [4.69, 9.17) is 14.2 Å². The molecule has 1 aromatic carbocycles. The normalized spacial score (nSPS) is 15.0. The highest BCUT2D eigenvalue weighted by atomic mass is 16.6. The van der Waals surface area contributed by atoms with Crippen LogP contribution in [0.2, 0.25) is 0 Å². The number of fused-ring (bicyclic) bond motifs is 1.